The second kappa shape index (κ2) is 4.10. The molecule has 0 radical (unpaired) electrons. The Kier molecular flexibility index (Phi) is 2.71. The molecule has 0 bridgehead atoms. The van der Waals surface area contributed by atoms with Crippen LogP contribution < -0.4 is 5.32 Å². The van der Waals surface area contributed by atoms with E-state index in [1.165, 1.54) is 12.8 Å². The number of fused-ring (bicyclic) bond motifs is 1. The zero-order chi connectivity index (χ0) is 11.9. The Labute approximate surface area is 102 Å². The summed E-state index contributed by atoms with van der Waals surface area (Å²) in [6, 6.07) is 2.59. The molecule has 0 spiro atoms. The highest BCUT2D eigenvalue weighted by Crippen LogP contribution is 2.51. The largest absolute Gasteiger partial charge is 0.377 e. The van der Waals surface area contributed by atoms with Gasteiger partial charge in [0.15, 0.2) is 0 Å². The van der Waals surface area contributed by atoms with Crippen LogP contribution >= 0.6 is 0 Å². The van der Waals surface area contributed by atoms with E-state index in [9.17, 15) is 0 Å². The molecule has 1 saturated carbocycles. The summed E-state index contributed by atoms with van der Waals surface area (Å²) in [5.41, 5.74) is 1.41. The average Bonchev–Trinajstić information content (AvgIpc) is 2.82. The van der Waals surface area contributed by atoms with Crippen molar-refractivity contribution in [1.29, 1.82) is 0 Å². The first-order chi connectivity index (χ1) is 8.19. The van der Waals surface area contributed by atoms with Crippen molar-refractivity contribution >= 4 is 0 Å². The van der Waals surface area contributed by atoms with Crippen molar-refractivity contribution in [2.45, 2.75) is 45.4 Å². The molecule has 1 aliphatic carbocycles. The molecule has 2 N–H and O–H groups in total. The van der Waals surface area contributed by atoms with Gasteiger partial charge in [-0.2, -0.15) is 5.10 Å². The molecule has 1 aliphatic heterocycles. The lowest BCUT2D eigenvalue weighted by Crippen LogP contribution is -2.69. The van der Waals surface area contributed by atoms with Gasteiger partial charge in [0.2, 0.25) is 0 Å². The van der Waals surface area contributed by atoms with Crippen LogP contribution in [0.3, 0.4) is 0 Å². The fraction of sp³-hybridized carbons (Fsp3) is 0.769. The Hall–Kier alpha value is -0.870. The van der Waals surface area contributed by atoms with Crippen LogP contribution in [0.25, 0.3) is 0 Å². The van der Waals surface area contributed by atoms with Gasteiger partial charge in [0.25, 0.3) is 0 Å². The van der Waals surface area contributed by atoms with Crippen molar-refractivity contribution in [1.82, 2.24) is 15.5 Å². The molecule has 4 nitrogen and oxygen atoms in total. The number of nitrogens with zero attached hydrogens (tertiary/aromatic N) is 1. The highest BCUT2D eigenvalue weighted by Gasteiger charge is 2.57. The molecule has 2 heterocycles. The average molecular weight is 235 g/mol. The lowest BCUT2D eigenvalue weighted by molar-refractivity contribution is -0.193. The van der Waals surface area contributed by atoms with Gasteiger partial charge in [-0.3, -0.25) is 5.10 Å². The molecule has 0 amide bonds. The van der Waals surface area contributed by atoms with Gasteiger partial charge in [-0.15, -0.1) is 0 Å². The minimum atomic E-state index is 0.255. The van der Waals surface area contributed by atoms with Crippen LogP contribution in [0.5, 0.6) is 0 Å². The van der Waals surface area contributed by atoms with Crippen LogP contribution in [0.4, 0.5) is 0 Å². The monoisotopic (exact) mass is 235 g/mol. The number of hydrogen-bond donors (Lipinski definition) is 2. The maximum atomic E-state index is 5.90. The number of aromatic nitrogens is 2. The number of rotatable bonds is 3. The SMILES string of the molecule is CC1(C)C(NCc2ccn[nH]2)C2CCCOC21. The topological polar surface area (TPSA) is 49.9 Å². The van der Waals surface area contributed by atoms with E-state index in [0.29, 0.717) is 18.1 Å². The molecular weight excluding hydrogens is 214 g/mol. The molecule has 94 valence electrons. The van der Waals surface area contributed by atoms with E-state index >= 15 is 0 Å². The molecule has 0 aromatic carbocycles. The third-order valence-electron chi connectivity index (χ3n) is 4.40. The summed E-state index contributed by atoms with van der Waals surface area (Å²) in [6.45, 7) is 6.43. The summed E-state index contributed by atoms with van der Waals surface area (Å²) in [4.78, 5) is 0. The third kappa shape index (κ3) is 1.79. The van der Waals surface area contributed by atoms with Crippen molar-refractivity contribution in [2.75, 3.05) is 6.61 Å². The number of ether oxygens (including phenoxy) is 1. The molecule has 3 unspecified atom stereocenters. The summed E-state index contributed by atoms with van der Waals surface area (Å²) in [5.74, 6) is 0.696. The first-order valence-corrected chi connectivity index (χ1v) is 6.53. The fourth-order valence-electron chi connectivity index (χ4n) is 3.54. The van der Waals surface area contributed by atoms with Crippen LogP contribution in [-0.4, -0.2) is 29.0 Å². The highest BCUT2D eigenvalue weighted by molar-refractivity contribution is 5.11. The maximum Gasteiger partial charge on any atom is 0.0684 e. The van der Waals surface area contributed by atoms with Gasteiger partial charge < -0.3 is 10.1 Å². The molecule has 1 aromatic rings. The Morgan fingerprint density at radius 2 is 2.47 bits per heavy atom. The Morgan fingerprint density at radius 1 is 1.59 bits per heavy atom. The Bertz CT molecular complexity index is 374. The predicted molar refractivity (Wildman–Crippen MR) is 65.5 cm³/mol. The third-order valence-corrected chi connectivity index (χ3v) is 4.40. The summed E-state index contributed by atoms with van der Waals surface area (Å²) >= 11 is 0. The van der Waals surface area contributed by atoms with Crippen LogP contribution in [-0.2, 0) is 11.3 Å². The Morgan fingerprint density at radius 3 is 3.24 bits per heavy atom. The fourth-order valence-corrected chi connectivity index (χ4v) is 3.54. The molecule has 2 aliphatic rings. The molecule has 17 heavy (non-hydrogen) atoms. The molecule has 2 fully saturated rings. The quantitative estimate of drug-likeness (QED) is 0.838. The van der Waals surface area contributed by atoms with E-state index in [2.05, 4.69) is 29.4 Å². The van der Waals surface area contributed by atoms with Crippen molar-refractivity contribution < 1.29 is 4.74 Å². The van der Waals surface area contributed by atoms with Crippen LogP contribution in [0.1, 0.15) is 32.4 Å². The zero-order valence-electron chi connectivity index (χ0n) is 10.6. The van der Waals surface area contributed by atoms with E-state index in [0.717, 1.165) is 18.8 Å². The smallest absolute Gasteiger partial charge is 0.0684 e. The predicted octanol–water partition coefficient (Wildman–Crippen LogP) is 1.70. The first kappa shape index (κ1) is 11.2. The van der Waals surface area contributed by atoms with Gasteiger partial charge >= 0.3 is 0 Å². The minimum absolute atomic E-state index is 0.255. The van der Waals surface area contributed by atoms with Crippen molar-refractivity contribution in [2.24, 2.45) is 11.3 Å². The van der Waals surface area contributed by atoms with Gasteiger partial charge in [-0.1, -0.05) is 13.8 Å². The molecule has 3 atom stereocenters. The normalized spacial score (nSPS) is 35.1. The maximum absolute atomic E-state index is 5.90. The molecular formula is C13H21N3O. The molecule has 1 aromatic heterocycles. The van der Waals surface area contributed by atoms with Gasteiger partial charge in [-0.25, -0.2) is 0 Å². The standard InChI is InChI=1S/C13H21N3O/c1-13(2)11(10-4-3-7-17-12(10)13)14-8-9-5-6-15-16-9/h5-6,10-12,14H,3-4,7-8H2,1-2H3,(H,15,16). The van der Waals surface area contributed by atoms with E-state index in [4.69, 9.17) is 4.74 Å². The highest BCUT2D eigenvalue weighted by atomic mass is 16.5. The Balaban J connectivity index is 1.62. The molecule has 3 rings (SSSR count). The van der Waals surface area contributed by atoms with Crippen LogP contribution in [0.15, 0.2) is 12.3 Å². The second-order valence-corrected chi connectivity index (χ2v) is 5.86. The van der Waals surface area contributed by atoms with Crippen LogP contribution in [0.2, 0.25) is 0 Å². The lowest BCUT2D eigenvalue weighted by atomic mass is 9.55. The van der Waals surface area contributed by atoms with Gasteiger partial charge in [-0.05, 0) is 18.9 Å². The van der Waals surface area contributed by atoms with E-state index in [1.807, 2.05) is 6.07 Å². The second-order valence-electron chi connectivity index (χ2n) is 5.86. The minimum Gasteiger partial charge on any atom is -0.377 e. The zero-order valence-corrected chi connectivity index (χ0v) is 10.6. The number of H-pyrrole nitrogens is 1. The number of nitrogens with one attached hydrogen (secondary N) is 2. The molecule has 4 heteroatoms. The van der Waals surface area contributed by atoms with E-state index in [-0.39, 0.29) is 5.41 Å². The van der Waals surface area contributed by atoms with Gasteiger partial charge in [0.1, 0.15) is 0 Å². The van der Waals surface area contributed by atoms with Crippen molar-refractivity contribution in [3.05, 3.63) is 18.0 Å². The summed E-state index contributed by atoms with van der Waals surface area (Å²) < 4.78 is 5.90. The van der Waals surface area contributed by atoms with E-state index < -0.39 is 0 Å². The van der Waals surface area contributed by atoms with Crippen molar-refractivity contribution in [3.63, 3.8) is 0 Å². The van der Waals surface area contributed by atoms with Gasteiger partial charge in [0, 0.05) is 42.4 Å². The summed E-state index contributed by atoms with van der Waals surface area (Å²) in [6.07, 6.45) is 4.76. The summed E-state index contributed by atoms with van der Waals surface area (Å²) in [5, 5.41) is 10.6. The van der Waals surface area contributed by atoms with Gasteiger partial charge in [0.05, 0.1) is 6.10 Å². The molecule has 1 saturated heterocycles. The first-order valence-electron chi connectivity index (χ1n) is 6.53. The summed E-state index contributed by atoms with van der Waals surface area (Å²) in [7, 11) is 0. The van der Waals surface area contributed by atoms with Crippen molar-refractivity contribution in [3.8, 4) is 0 Å². The van der Waals surface area contributed by atoms with Crippen LogP contribution in [0, 0.1) is 11.3 Å². The number of aromatic amines is 1. The lowest BCUT2D eigenvalue weighted by Gasteiger charge is -2.60. The van der Waals surface area contributed by atoms with E-state index in [1.54, 1.807) is 6.20 Å². The number of hydrogen-bond acceptors (Lipinski definition) is 3.